The lowest BCUT2D eigenvalue weighted by atomic mass is 10.1. The van der Waals surface area contributed by atoms with Gasteiger partial charge in [0.05, 0.1) is 19.4 Å². The normalized spacial score (nSPS) is 11.2. The van der Waals surface area contributed by atoms with Crippen LogP contribution in [0, 0.1) is 12.7 Å². The molecule has 114 valence electrons. The van der Waals surface area contributed by atoms with Crippen LogP contribution in [0.4, 0.5) is 10.1 Å². The molecule has 0 bridgehead atoms. The molecular formula is C15H24FNO3. The first-order valence-electron chi connectivity index (χ1n) is 6.64. The van der Waals surface area contributed by atoms with Crippen LogP contribution in [0.3, 0.4) is 0 Å². The van der Waals surface area contributed by atoms with Crippen LogP contribution in [0.2, 0.25) is 0 Å². The number of rotatable bonds is 5. The molecule has 1 N–H and O–H groups in total. The molecule has 0 aliphatic heterocycles. The van der Waals surface area contributed by atoms with Crippen LogP contribution in [0.5, 0.6) is 0 Å². The Balaban J connectivity index is 0.00000172. The SMILES string of the molecule is CC.COCC(C)Nc1ccc(C)c(F)c1C(=O)OC. The molecule has 0 saturated heterocycles. The summed E-state index contributed by atoms with van der Waals surface area (Å²) in [6.07, 6.45) is 0. The van der Waals surface area contributed by atoms with Crippen LogP contribution in [-0.4, -0.2) is 32.8 Å². The molecule has 1 rings (SSSR count). The second-order valence-electron chi connectivity index (χ2n) is 4.11. The van der Waals surface area contributed by atoms with E-state index in [2.05, 4.69) is 10.1 Å². The van der Waals surface area contributed by atoms with E-state index >= 15 is 0 Å². The third-order valence-electron chi connectivity index (χ3n) is 2.54. The lowest BCUT2D eigenvalue weighted by molar-refractivity contribution is 0.0596. The van der Waals surface area contributed by atoms with Gasteiger partial charge in [-0.3, -0.25) is 0 Å². The summed E-state index contributed by atoms with van der Waals surface area (Å²) in [5, 5.41) is 3.03. The number of carbonyl (C=O) groups excluding carboxylic acids is 1. The molecule has 1 aromatic carbocycles. The molecule has 1 aromatic rings. The van der Waals surface area contributed by atoms with E-state index in [1.54, 1.807) is 26.2 Å². The van der Waals surface area contributed by atoms with Crippen LogP contribution in [0.15, 0.2) is 12.1 Å². The smallest absolute Gasteiger partial charge is 0.342 e. The molecule has 0 spiro atoms. The quantitative estimate of drug-likeness (QED) is 0.842. The summed E-state index contributed by atoms with van der Waals surface area (Å²) in [6, 6.07) is 3.24. The van der Waals surface area contributed by atoms with E-state index < -0.39 is 11.8 Å². The average Bonchev–Trinajstić information content (AvgIpc) is 2.45. The Morgan fingerprint density at radius 3 is 2.45 bits per heavy atom. The highest BCUT2D eigenvalue weighted by Gasteiger charge is 2.20. The molecule has 0 saturated carbocycles. The Morgan fingerprint density at radius 1 is 1.35 bits per heavy atom. The van der Waals surface area contributed by atoms with Crippen molar-refractivity contribution in [1.29, 1.82) is 0 Å². The minimum atomic E-state index is -0.691. The van der Waals surface area contributed by atoms with Crippen molar-refractivity contribution in [3.63, 3.8) is 0 Å². The van der Waals surface area contributed by atoms with Gasteiger partial charge in [0.25, 0.3) is 0 Å². The molecule has 20 heavy (non-hydrogen) atoms. The molecule has 0 aliphatic rings. The van der Waals surface area contributed by atoms with Crippen LogP contribution in [-0.2, 0) is 9.47 Å². The molecule has 1 unspecified atom stereocenters. The molecule has 4 nitrogen and oxygen atoms in total. The van der Waals surface area contributed by atoms with E-state index in [9.17, 15) is 9.18 Å². The van der Waals surface area contributed by atoms with Gasteiger partial charge in [-0.15, -0.1) is 0 Å². The lowest BCUT2D eigenvalue weighted by Gasteiger charge is -2.17. The maximum Gasteiger partial charge on any atom is 0.342 e. The second kappa shape index (κ2) is 9.31. The van der Waals surface area contributed by atoms with E-state index in [0.29, 0.717) is 17.9 Å². The van der Waals surface area contributed by atoms with Crippen molar-refractivity contribution in [2.45, 2.75) is 33.7 Å². The Bertz CT molecular complexity index is 435. The highest BCUT2D eigenvalue weighted by molar-refractivity contribution is 5.96. The first kappa shape index (κ1) is 18.4. The molecule has 0 fully saturated rings. The zero-order valence-electron chi connectivity index (χ0n) is 13.0. The van der Waals surface area contributed by atoms with Crippen LogP contribution < -0.4 is 5.32 Å². The molecule has 0 radical (unpaired) electrons. The van der Waals surface area contributed by atoms with Crippen molar-refractivity contribution < 1.29 is 18.7 Å². The topological polar surface area (TPSA) is 47.6 Å². The maximum absolute atomic E-state index is 14.0. The molecular weight excluding hydrogens is 261 g/mol. The molecule has 1 atom stereocenters. The highest BCUT2D eigenvalue weighted by atomic mass is 19.1. The van der Waals surface area contributed by atoms with Gasteiger partial charge >= 0.3 is 5.97 Å². The average molecular weight is 285 g/mol. The third kappa shape index (κ3) is 4.81. The number of methoxy groups -OCH3 is 2. The highest BCUT2D eigenvalue weighted by Crippen LogP contribution is 2.23. The zero-order chi connectivity index (χ0) is 15.7. The van der Waals surface area contributed by atoms with Crippen LogP contribution in [0.25, 0.3) is 0 Å². The van der Waals surface area contributed by atoms with E-state index in [1.807, 2.05) is 20.8 Å². The summed E-state index contributed by atoms with van der Waals surface area (Å²) < 4.78 is 23.6. The summed E-state index contributed by atoms with van der Waals surface area (Å²) in [5.41, 5.74) is 0.746. The van der Waals surface area contributed by atoms with Crippen molar-refractivity contribution in [3.8, 4) is 0 Å². The Morgan fingerprint density at radius 2 is 1.95 bits per heavy atom. The molecule has 0 amide bonds. The second-order valence-corrected chi connectivity index (χ2v) is 4.11. The summed E-state index contributed by atoms with van der Waals surface area (Å²) >= 11 is 0. The van der Waals surface area contributed by atoms with Crippen LogP contribution in [0.1, 0.15) is 36.7 Å². The van der Waals surface area contributed by atoms with Crippen molar-refractivity contribution >= 4 is 11.7 Å². The van der Waals surface area contributed by atoms with Crippen LogP contribution >= 0.6 is 0 Å². The predicted octanol–water partition coefficient (Wildman–Crippen LogP) is 3.39. The molecule has 5 heteroatoms. The van der Waals surface area contributed by atoms with Gasteiger partial charge in [0, 0.05) is 13.2 Å². The first-order chi connectivity index (χ1) is 9.51. The largest absolute Gasteiger partial charge is 0.465 e. The van der Waals surface area contributed by atoms with Gasteiger partial charge in [-0.1, -0.05) is 19.9 Å². The number of esters is 1. The number of carbonyl (C=O) groups is 1. The summed E-state index contributed by atoms with van der Waals surface area (Å²) in [7, 11) is 2.81. The number of aryl methyl sites for hydroxylation is 1. The summed E-state index contributed by atoms with van der Waals surface area (Å²) in [6.45, 7) is 7.93. The fraction of sp³-hybridized carbons (Fsp3) is 0.533. The minimum Gasteiger partial charge on any atom is -0.465 e. The number of anilines is 1. The summed E-state index contributed by atoms with van der Waals surface area (Å²) in [4.78, 5) is 11.6. The zero-order valence-corrected chi connectivity index (χ0v) is 13.0. The Kier molecular flexibility index (Phi) is 8.56. The Labute approximate surface area is 120 Å². The van der Waals surface area contributed by atoms with Gasteiger partial charge < -0.3 is 14.8 Å². The lowest BCUT2D eigenvalue weighted by Crippen LogP contribution is -2.23. The van der Waals surface area contributed by atoms with Crippen molar-refractivity contribution in [1.82, 2.24) is 0 Å². The van der Waals surface area contributed by atoms with Gasteiger partial charge in [-0.25, -0.2) is 9.18 Å². The van der Waals surface area contributed by atoms with Crippen molar-refractivity contribution in [2.75, 3.05) is 26.1 Å². The van der Waals surface area contributed by atoms with Gasteiger partial charge in [0.15, 0.2) is 0 Å². The van der Waals surface area contributed by atoms with E-state index in [4.69, 9.17) is 4.74 Å². The molecule has 0 aromatic heterocycles. The maximum atomic E-state index is 14.0. The number of halogens is 1. The number of ether oxygens (including phenoxy) is 2. The predicted molar refractivity (Wildman–Crippen MR) is 78.8 cm³/mol. The monoisotopic (exact) mass is 285 g/mol. The number of hydrogen-bond donors (Lipinski definition) is 1. The van der Waals surface area contributed by atoms with E-state index in [0.717, 1.165) is 0 Å². The van der Waals surface area contributed by atoms with Gasteiger partial charge in [-0.05, 0) is 25.5 Å². The Hall–Kier alpha value is -1.62. The number of benzene rings is 1. The molecule has 0 aliphatic carbocycles. The van der Waals surface area contributed by atoms with Gasteiger partial charge in [0.2, 0.25) is 0 Å². The summed E-state index contributed by atoms with van der Waals surface area (Å²) in [5.74, 6) is -1.25. The van der Waals surface area contributed by atoms with E-state index in [1.165, 1.54) is 7.11 Å². The molecule has 0 heterocycles. The fourth-order valence-electron chi connectivity index (χ4n) is 1.66. The van der Waals surface area contributed by atoms with Gasteiger partial charge in [0.1, 0.15) is 11.4 Å². The van der Waals surface area contributed by atoms with Crippen molar-refractivity contribution in [3.05, 3.63) is 29.1 Å². The van der Waals surface area contributed by atoms with E-state index in [-0.39, 0.29) is 11.6 Å². The standard InChI is InChI=1S/C13H18FNO3.C2H6/c1-8-5-6-10(15-9(2)7-17-3)11(12(8)14)13(16)18-4;1-2/h5-6,9,15H,7H2,1-4H3;1-2H3. The van der Waals surface area contributed by atoms with Gasteiger partial charge in [-0.2, -0.15) is 0 Å². The fourth-order valence-corrected chi connectivity index (χ4v) is 1.66. The number of hydrogen-bond acceptors (Lipinski definition) is 4. The van der Waals surface area contributed by atoms with Crippen molar-refractivity contribution in [2.24, 2.45) is 0 Å². The minimum absolute atomic E-state index is 0.0412. The third-order valence-corrected chi connectivity index (χ3v) is 2.54. The number of nitrogens with one attached hydrogen (secondary N) is 1. The first-order valence-corrected chi connectivity index (χ1v) is 6.64.